The Morgan fingerprint density at radius 1 is 1.27 bits per heavy atom. The standard InChI is InChI=1S/C10H6BrFN2O/c11-7-2-1-6(5-8(7)12)9-3-4-10(15)14-13-9/h1-5H,(H,14,15). The van der Waals surface area contributed by atoms with Gasteiger partial charge in [-0.15, -0.1) is 0 Å². The quantitative estimate of drug-likeness (QED) is 0.863. The van der Waals surface area contributed by atoms with Crippen molar-refractivity contribution in [3.05, 3.63) is 51.0 Å². The summed E-state index contributed by atoms with van der Waals surface area (Å²) in [5.41, 5.74) is 0.865. The second-order valence-corrected chi connectivity index (χ2v) is 3.79. The number of aromatic amines is 1. The van der Waals surface area contributed by atoms with Crippen molar-refractivity contribution >= 4 is 15.9 Å². The van der Waals surface area contributed by atoms with Crippen LogP contribution in [0.3, 0.4) is 0 Å². The third-order valence-corrected chi connectivity index (χ3v) is 2.54. The summed E-state index contributed by atoms with van der Waals surface area (Å²) in [6, 6.07) is 7.56. The maximum Gasteiger partial charge on any atom is 0.264 e. The summed E-state index contributed by atoms with van der Waals surface area (Å²) >= 11 is 3.06. The molecule has 0 amide bonds. The fourth-order valence-corrected chi connectivity index (χ4v) is 1.41. The summed E-state index contributed by atoms with van der Waals surface area (Å²) < 4.78 is 13.6. The van der Waals surface area contributed by atoms with Crippen LogP contribution in [0.1, 0.15) is 0 Å². The number of benzene rings is 1. The first-order valence-electron chi connectivity index (χ1n) is 4.18. The van der Waals surface area contributed by atoms with Crippen LogP contribution in [0.15, 0.2) is 39.6 Å². The number of rotatable bonds is 1. The Hall–Kier alpha value is -1.49. The van der Waals surface area contributed by atoms with Gasteiger partial charge < -0.3 is 0 Å². The van der Waals surface area contributed by atoms with E-state index in [1.807, 2.05) is 0 Å². The monoisotopic (exact) mass is 268 g/mol. The van der Waals surface area contributed by atoms with Crippen LogP contribution in [0.25, 0.3) is 11.3 Å². The molecule has 1 aromatic heterocycles. The van der Waals surface area contributed by atoms with Gasteiger partial charge in [0.15, 0.2) is 0 Å². The van der Waals surface area contributed by atoms with Crippen molar-refractivity contribution in [2.75, 3.05) is 0 Å². The molecule has 5 heteroatoms. The lowest BCUT2D eigenvalue weighted by Crippen LogP contribution is -2.05. The molecular weight excluding hydrogens is 263 g/mol. The van der Waals surface area contributed by atoms with Gasteiger partial charge in [-0.1, -0.05) is 6.07 Å². The Balaban J connectivity index is 2.50. The van der Waals surface area contributed by atoms with Crippen LogP contribution in [0.2, 0.25) is 0 Å². The molecule has 1 heterocycles. The minimum atomic E-state index is -0.361. The number of halogens is 2. The number of nitrogens with one attached hydrogen (secondary N) is 1. The Morgan fingerprint density at radius 3 is 2.67 bits per heavy atom. The SMILES string of the molecule is O=c1ccc(-c2ccc(Br)c(F)c2)n[nH]1. The van der Waals surface area contributed by atoms with Gasteiger partial charge in [0.1, 0.15) is 5.82 Å². The summed E-state index contributed by atoms with van der Waals surface area (Å²) in [6.07, 6.45) is 0. The Labute approximate surface area is 93.1 Å². The molecule has 0 radical (unpaired) electrons. The van der Waals surface area contributed by atoms with Crippen LogP contribution in [0, 0.1) is 5.82 Å². The smallest absolute Gasteiger partial charge is 0.264 e. The third-order valence-electron chi connectivity index (χ3n) is 1.89. The van der Waals surface area contributed by atoms with Crippen LogP contribution in [-0.2, 0) is 0 Å². The molecule has 0 saturated heterocycles. The van der Waals surface area contributed by atoms with Gasteiger partial charge in [0.25, 0.3) is 5.56 Å². The van der Waals surface area contributed by atoms with Crippen molar-refractivity contribution < 1.29 is 4.39 Å². The molecule has 2 aromatic rings. The van der Waals surface area contributed by atoms with Crippen molar-refractivity contribution in [2.24, 2.45) is 0 Å². The lowest BCUT2D eigenvalue weighted by Gasteiger charge is -2.00. The average molecular weight is 269 g/mol. The highest BCUT2D eigenvalue weighted by molar-refractivity contribution is 9.10. The molecule has 2 rings (SSSR count). The first-order valence-corrected chi connectivity index (χ1v) is 4.97. The van der Waals surface area contributed by atoms with Crippen LogP contribution < -0.4 is 5.56 Å². The van der Waals surface area contributed by atoms with Crippen molar-refractivity contribution in [3.8, 4) is 11.3 Å². The topological polar surface area (TPSA) is 45.8 Å². The van der Waals surface area contributed by atoms with Crippen molar-refractivity contribution in [1.29, 1.82) is 0 Å². The van der Waals surface area contributed by atoms with E-state index >= 15 is 0 Å². The van der Waals surface area contributed by atoms with Gasteiger partial charge in [0, 0.05) is 11.6 Å². The zero-order valence-electron chi connectivity index (χ0n) is 7.50. The fourth-order valence-electron chi connectivity index (χ4n) is 1.16. The Kier molecular flexibility index (Phi) is 2.64. The van der Waals surface area contributed by atoms with Crippen molar-refractivity contribution in [1.82, 2.24) is 10.2 Å². The highest BCUT2D eigenvalue weighted by Gasteiger charge is 2.03. The molecule has 76 valence electrons. The van der Waals surface area contributed by atoms with Gasteiger partial charge in [0.05, 0.1) is 10.2 Å². The van der Waals surface area contributed by atoms with E-state index < -0.39 is 0 Å². The minimum absolute atomic E-state index is 0.281. The molecule has 0 spiro atoms. The number of H-pyrrole nitrogens is 1. The predicted molar refractivity (Wildman–Crippen MR) is 58.0 cm³/mol. The summed E-state index contributed by atoms with van der Waals surface area (Å²) in [7, 11) is 0. The second-order valence-electron chi connectivity index (χ2n) is 2.94. The molecule has 1 N–H and O–H groups in total. The van der Waals surface area contributed by atoms with Crippen LogP contribution in [-0.4, -0.2) is 10.2 Å². The number of hydrogen-bond acceptors (Lipinski definition) is 2. The van der Waals surface area contributed by atoms with E-state index in [-0.39, 0.29) is 11.4 Å². The van der Waals surface area contributed by atoms with E-state index in [0.29, 0.717) is 15.7 Å². The number of aromatic nitrogens is 2. The molecule has 3 nitrogen and oxygen atoms in total. The summed E-state index contributed by atoms with van der Waals surface area (Å²) in [5.74, 6) is -0.361. The zero-order valence-corrected chi connectivity index (χ0v) is 9.08. The summed E-state index contributed by atoms with van der Waals surface area (Å²) in [6.45, 7) is 0. The van der Waals surface area contributed by atoms with E-state index in [1.165, 1.54) is 12.1 Å². The lowest BCUT2D eigenvalue weighted by molar-refractivity contribution is 0.621. The Morgan fingerprint density at radius 2 is 2.07 bits per heavy atom. The molecular formula is C10H6BrFN2O. The molecule has 0 aliphatic rings. The molecule has 0 atom stereocenters. The van der Waals surface area contributed by atoms with E-state index in [1.54, 1.807) is 18.2 Å². The average Bonchev–Trinajstić information content (AvgIpc) is 2.23. The molecule has 0 aliphatic carbocycles. The number of nitrogens with zero attached hydrogens (tertiary/aromatic N) is 1. The maximum atomic E-state index is 13.2. The van der Waals surface area contributed by atoms with Gasteiger partial charge in [-0.3, -0.25) is 4.79 Å². The van der Waals surface area contributed by atoms with Gasteiger partial charge in [-0.2, -0.15) is 5.10 Å². The molecule has 15 heavy (non-hydrogen) atoms. The highest BCUT2D eigenvalue weighted by Crippen LogP contribution is 2.22. The molecule has 0 saturated carbocycles. The molecule has 0 unspecified atom stereocenters. The van der Waals surface area contributed by atoms with Crippen LogP contribution >= 0.6 is 15.9 Å². The van der Waals surface area contributed by atoms with E-state index in [9.17, 15) is 9.18 Å². The van der Waals surface area contributed by atoms with Crippen LogP contribution in [0.5, 0.6) is 0 Å². The predicted octanol–water partition coefficient (Wildman–Crippen LogP) is 2.34. The zero-order chi connectivity index (χ0) is 10.8. The molecule has 0 bridgehead atoms. The molecule has 0 aliphatic heterocycles. The van der Waals surface area contributed by atoms with Crippen molar-refractivity contribution in [3.63, 3.8) is 0 Å². The summed E-state index contributed by atoms with van der Waals surface area (Å²) in [4.78, 5) is 10.8. The first kappa shape index (κ1) is 10.0. The van der Waals surface area contributed by atoms with Gasteiger partial charge >= 0.3 is 0 Å². The van der Waals surface area contributed by atoms with Crippen LogP contribution in [0.4, 0.5) is 4.39 Å². The molecule has 0 fully saturated rings. The first-order chi connectivity index (χ1) is 7.16. The third kappa shape index (κ3) is 2.12. The van der Waals surface area contributed by atoms with Gasteiger partial charge in [-0.05, 0) is 34.1 Å². The van der Waals surface area contributed by atoms with Crippen molar-refractivity contribution in [2.45, 2.75) is 0 Å². The van der Waals surface area contributed by atoms with E-state index in [4.69, 9.17) is 0 Å². The van der Waals surface area contributed by atoms with Gasteiger partial charge in [-0.25, -0.2) is 9.49 Å². The largest absolute Gasteiger partial charge is 0.268 e. The molecule has 1 aromatic carbocycles. The Bertz CT molecular complexity index is 533. The van der Waals surface area contributed by atoms with Gasteiger partial charge in [0.2, 0.25) is 0 Å². The second kappa shape index (κ2) is 3.94. The fraction of sp³-hybridized carbons (Fsp3) is 0. The lowest BCUT2D eigenvalue weighted by atomic mass is 10.1. The van der Waals surface area contributed by atoms with E-state index in [2.05, 4.69) is 26.1 Å². The van der Waals surface area contributed by atoms with E-state index in [0.717, 1.165) is 0 Å². The maximum absolute atomic E-state index is 13.2. The minimum Gasteiger partial charge on any atom is -0.268 e. The summed E-state index contributed by atoms with van der Waals surface area (Å²) in [5, 5.41) is 6.09. The number of hydrogen-bond donors (Lipinski definition) is 1. The normalized spacial score (nSPS) is 10.3. The highest BCUT2D eigenvalue weighted by atomic mass is 79.9.